The highest BCUT2D eigenvalue weighted by molar-refractivity contribution is 5.82. The van der Waals surface area contributed by atoms with Gasteiger partial charge in [-0.2, -0.15) is 13.2 Å². The van der Waals surface area contributed by atoms with E-state index in [1.54, 1.807) is 6.92 Å². The molecule has 2 nitrogen and oxygen atoms in total. The number of hydrogen-bond acceptors (Lipinski definition) is 1. The molecular formula is C9H7F3N2. The van der Waals surface area contributed by atoms with Crippen molar-refractivity contribution in [3.8, 4) is 0 Å². The second-order valence-corrected chi connectivity index (χ2v) is 3.04. The molecule has 0 aliphatic heterocycles. The van der Waals surface area contributed by atoms with E-state index in [2.05, 4.69) is 9.97 Å². The Morgan fingerprint density at radius 1 is 1.36 bits per heavy atom. The average molecular weight is 200 g/mol. The first kappa shape index (κ1) is 9.05. The van der Waals surface area contributed by atoms with Crippen LogP contribution in [0.4, 0.5) is 13.2 Å². The van der Waals surface area contributed by atoms with Crippen LogP contribution in [0.1, 0.15) is 11.4 Å². The van der Waals surface area contributed by atoms with Crippen LogP contribution in [-0.2, 0) is 6.18 Å². The van der Waals surface area contributed by atoms with Gasteiger partial charge in [-0.05, 0) is 19.1 Å². The topological polar surface area (TPSA) is 28.7 Å². The van der Waals surface area contributed by atoms with Crippen molar-refractivity contribution in [1.29, 1.82) is 0 Å². The zero-order valence-electron chi connectivity index (χ0n) is 7.31. The van der Waals surface area contributed by atoms with E-state index in [1.165, 1.54) is 12.3 Å². The number of rotatable bonds is 0. The second-order valence-electron chi connectivity index (χ2n) is 3.04. The van der Waals surface area contributed by atoms with E-state index >= 15 is 0 Å². The van der Waals surface area contributed by atoms with Gasteiger partial charge in [0.05, 0.1) is 0 Å². The SMILES string of the molecule is Cc1nccc2[nH]c(C(F)(F)F)cc12. The van der Waals surface area contributed by atoms with Crippen molar-refractivity contribution < 1.29 is 13.2 Å². The van der Waals surface area contributed by atoms with E-state index in [1.807, 2.05) is 0 Å². The fraction of sp³-hybridized carbons (Fsp3) is 0.222. The van der Waals surface area contributed by atoms with Gasteiger partial charge in [-0.15, -0.1) is 0 Å². The van der Waals surface area contributed by atoms with Crippen molar-refractivity contribution in [2.24, 2.45) is 0 Å². The normalized spacial score (nSPS) is 12.3. The largest absolute Gasteiger partial charge is 0.431 e. The number of aromatic amines is 1. The van der Waals surface area contributed by atoms with Gasteiger partial charge in [-0.1, -0.05) is 0 Å². The zero-order valence-corrected chi connectivity index (χ0v) is 7.31. The van der Waals surface area contributed by atoms with Gasteiger partial charge < -0.3 is 4.98 Å². The maximum atomic E-state index is 12.3. The van der Waals surface area contributed by atoms with E-state index in [0.29, 0.717) is 16.6 Å². The van der Waals surface area contributed by atoms with Gasteiger partial charge in [-0.3, -0.25) is 4.98 Å². The number of nitrogens with zero attached hydrogens (tertiary/aromatic N) is 1. The third-order valence-corrected chi connectivity index (χ3v) is 2.05. The second kappa shape index (κ2) is 2.73. The lowest BCUT2D eigenvalue weighted by Gasteiger charge is -2.00. The number of pyridine rings is 1. The quantitative estimate of drug-likeness (QED) is 0.695. The number of halogens is 3. The van der Waals surface area contributed by atoms with Gasteiger partial charge in [-0.25, -0.2) is 0 Å². The van der Waals surface area contributed by atoms with Crippen LogP contribution >= 0.6 is 0 Å². The minimum Gasteiger partial charge on any atom is -0.351 e. The monoisotopic (exact) mass is 200 g/mol. The molecule has 74 valence electrons. The third-order valence-electron chi connectivity index (χ3n) is 2.05. The molecule has 1 N–H and O–H groups in total. The summed E-state index contributed by atoms with van der Waals surface area (Å²) in [5.74, 6) is 0. The number of aromatic nitrogens is 2. The molecule has 5 heteroatoms. The highest BCUT2D eigenvalue weighted by atomic mass is 19.4. The molecule has 0 fully saturated rings. The molecule has 0 saturated carbocycles. The van der Waals surface area contributed by atoms with Crippen LogP contribution in [0.5, 0.6) is 0 Å². The summed E-state index contributed by atoms with van der Waals surface area (Å²) in [5, 5.41) is 0.514. The molecule has 2 heterocycles. The van der Waals surface area contributed by atoms with Gasteiger partial charge in [0, 0.05) is 22.8 Å². The fourth-order valence-corrected chi connectivity index (χ4v) is 1.35. The molecule has 14 heavy (non-hydrogen) atoms. The van der Waals surface area contributed by atoms with E-state index < -0.39 is 11.9 Å². The smallest absolute Gasteiger partial charge is 0.351 e. The third kappa shape index (κ3) is 1.34. The van der Waals surface area contributed by atoms with Crippen LogP contribution in [0.15, 0.2) is 18.3 Å². The van der Waals surface area contributed by atoms with E-state index in [9.17, 15) is 13.2 Å². The molecule has 2 aromatic rings. The first-order valence-corrected chi connectivity index (χ1v) is 4.00. The van der Waals surface area contributed by atoms with Crippen molar-refractivity contribution in [3.05, 3.63) is 29.7 Å². The van der Waals surface area contributed by atoms with Gasteiger partial charge in [0.2, 0.25) is 0 Å². The molecule has 0 radical (unpaired) electrons. The summed E-state index contributed by atoms with van der Waals surface area (Å²) in [6, 6.07) is 2.61. The summed E-state index contributed by atoms with van der Waals surface area (Å²) < 4.78 is 36.9. The van der Waals surface area contributed by atoms with Crippen LogP contribution in [0.25, 0.3) is 10.9 Å². The Kier molecular flexibility index (Phi) is 1.77. The number of fused-ring (bicyclic) bond motifs is 1. The minimum absolute atomic E-state index is 0.463. The van der Waals surface area contributed by atoms with Crippen molar-refractivity contribution >= 4 is 10.9 Å². The predicted octanol–water partition coefficient (Wildman–Crippen LogP) is 2.89. The molecular weight excluding hydrogens is 193 g/mol. The van der Waals surface area contributed by atoms with Crippen LogP contribution in [0.2, 0.25) is 0 Å². The molecule has 0 amide bonds. The lowest BCUT2D eigenvalue weighted by molar-refractivity contribution is -0.140. The molecule has 0 unspecified atom stereocenters. The number of nitrogens with one attached hydrogen (secondary N) is 1. The van der Waals surface area contributed by atoms with Gasteiger partial charge in [0.15, 0.2) is 0 Å². The van der Waals surface area contributed by atoms with Crippen LogP contribution < -0.4 is 0 Å². The van der Waals surface area contributed by atoms with Gasteiger partial charge in [0.1, 0.15) is 5.69 Å². The molecule has 2 rings (SSSR count). The number of hydrogen-bond donors (Lipinski definition) is 1. The van der Waals surface area contributed by atoms with Gasteiger partial charge >= 0.3 is 6.18 Å². The summed E-state index contributed by atoms with van der Waals surface area (Å²) in [4.78, 5) is 6.23. The Balaban J connectivity index is 2.69. The average Bonchev–Trinajstić information content (AvgIpc) is 2.48. The summed E-state index contributed by atoms with van der Waals surface area (Å²) in [7, 11) is 0. The van der Waals surface area contributed by atoms with Gasteiger partial charge in [0.25, 0.3) is 0 Å². The van der Waals surface area contributed by atoms with Crippen LogP contribution in [-0.4, -0.2) is 9.97 Å². The van der Waals surface area contributed by atoms with Crippen molar-refractivity contribution in [2.45, 2.75) is 13.1 Å². The van der Waals surface area contributed by atoms with Crippen LogP contribution in [0, 0.1) is 6.92 Å². The van der Waals surface area contributed by atoms with E-state index in [0.717, 1.165) is 6.07 Å². The number of alkyl halides is 3. The first-order chi connectivity index (χ1) is 6.48. The Bertz CT molecular complexity index is 470. The standard InChI is InChI=1S/C9H7F3N2/c1-5-6-4-8(9(10,11)12)14-7(6)2-3-13-5/h2-4,14H,1H3. The highest BCUT2D eigenvalue weighted by Gasteiger charge is 2.32. The Labute approximate surface area is 77.8 Å². The zero-order chi connectivity index (χ0) is 10.3. The van der Waals surface area contributed by atoms with Crippen LogP contribution in [0.3, 0.4) is 0 Å². The Morgan fingerprint density at radius 3 is 2.64 bits per heavy atom. The molecule has 0 aliphatic carbocycles. The maximum absolute atomic E-state index is 12.3. The molecule has 0 aromatic carbocycles. The molecule has 0 aliphatic rings. The summed E-state index contributed by atoms with van der Waals surface area (Å²) >= 11 is 0. The van der Waals surface area contributed by atoms with E-state index in [4.69, 9.17) is 0 Å². The fourth-order valence-electron chi connectivity index (χ4n) is 1.35. The molecule has 0 saturated heterocycles. The molecule has 0 spiro atoms. The lowest BCUT2D eigenvalue weighted by atomic mass is 10.2. The Morgan fingerprint density at radius 2 is 2.07 bits per heavy atom. The Hall–Kier alpha value is -1.52. The molecule has 2 aromatic heterocycles. The minimum atomic E-state index is -4.33. The first-order valence-electron chi connectivity index (χ1n) is 4.00. The predicted molar refractivity (Wildman–Crippen MR) is 45.8 cm³/mol. The van der Waals surface area contributed by atoms with Crippen molar-refractivity contribution in [1.82, 2.24) is 9.97 Å². The van der Waals surface area contributed by atoms with Crippen molar-refractivity contribution in [2.75, 3.05) is 0 Å². The summed E-state index contributed by atoms with van der Waals surface area (Å²) in [5.41, 5.74) is 0.322. The summed E-state index contributed by atoms with van der Waals surface area (Å²) in [6.45, 7) is 1.68. The molecule has 0 atom stereocenters. The molecule has 0 bridgehead atoms. The number of aryl methyl sites for hydroxylation is 1. The maximum Gasteiger partial charge on any atom is 0.431 e. The van der Waals surface area contributed by atoms with Crippen molar-refractivity contribution in [3.63, 3.8) is 0 Å². The number of H-pyrrole nitrogens is 1. The van der Waals surface area contributed by atoms with E-state index in [-0.39, 0.29) is 0 Å². The lowest BCUT2D eigenvalue weighted by Crippen LogP contribution is -2.04. The summed E-state index contributed by atoms with van der Waals surface area (Å²) in [6.07, 6.45) is -2.85. The highest BCUT2D eigenvalue weighted by Crippen LogP contribution is 2.31.